The number of halogens is 1. The van der Waals surface area contributed by atoms with Crippen molar-refractivity contribution < 1.29 is 0 Å². The quantitative estimate of drug-likeness (QED) is 0.383. The molecule has 3 aromatic carbocycles. The van der Waals surface area contributed by atoms with Crippen LogP contribution in [0.3, 0.4) is 0 Å². The average molecular weight is 369 g/mol. The third-order valence-electron chi connectivity index (χ3n) is 4.59. The second-order valence-electron chi connectivity index (χ2n) is 6.39. The number of hydrogen-bond donors (Lipinski definition) is 0. The summed E-state index contributed by atoms with van der Waals surface area (Å²) in [6.07, 6.45) is 4.07. The second-order valence-corrected chi connectivity index (χ2v) is 6.83. The lowest BCUT2D eigenvalue weighted by Crippen LogP contribution is -1.97. The number of para-hydroxylation sites is 1. The molecule has 0 aliphatic rings. The first-order valence-corrected chi connectivity index (χ1v) is 9.12. The summed E-state index contributed by atoms with van der Waals surface area (Å²) in [7, 11) is 0. The zero-order chi connectivity index (χ0) is 18.6. The van der Waals surface area contributed by atoms with E-state index >= 15 is 0 Å². The molecule has 4 aromatic rings. The Balaban J connectivity index is 1.80. The van der Waals surface area contributed by atoms with Gasteiger partial charge in [-0.1, -0.05) is 72.3 Å². The van der Waals surface area contributed by atoms with Gasteiger partial charge in [-0.2, -0.15) is 5.26 Å². The van der Waals surface area contributed by atoms with Gasteiger partial charge in [0, 0.05) is 34.2 Å². The smallest absolute Gasteiger partial charge is 0.0998 e. The number of aromatic nitrogens is 1. The van der Waals surface area contributed by atoms with E-state index in [1.54, 1.807) is 12.1 Å². The van der Waals surface area contributed by atoms with Crippen molar-refractivity contribution in [2.75, 3.05) is 0 Å². The summed E-state index contributed by atoms with van der Waals surface area (Å²) in [5.74, 6) is 0. The van der Waals surface area contributed by atoms with Crippen LogP contribution in [0.1, 0.15) is 16.7 Å². The van der Waals surface area contributed by atoms with E-state index in [2.05, 4.69) is 53.2 Å². The summed E-state index contributed by atoms with van der Waals surface area (Å²) < 4.78 is 2.23. The summed E-state index contributed by atoms with van der Waals surface area (Å²) in [4.78, 5) is 0. The number of allylic oxidation sites excluding steroid dienone is 1. The minimum absolute atomic E-state index is 0.620. The van der Waals surface area contributed by atoms with Crippen molar-refractivity contribution in [2.45, 2.75) is 6.54 Å². The maximum Gasteiger partial charge on any atom is 0.0998 e. The highest BCUT2D eigenvalue weighted by Crippen LogP contribution is 2.27. The molecule has 130 valence electrons. The van der Waals surface area contributed by atoms with Crippen LogP contribution in [0.5, 0.6) is 0 Å². The summed E-state index contributed by atoms with van der Waals surface area (Å²) in [6, 6.07) is 28.3. The van der Waals surface area contributed by atoms with E-state index in [0.29, 0.717) is 10.6 Å². The molecule has 27 heavy (non-hydrogen) atoms. The molecule has 3 heteroatoms. The molecule has 0 bridgehead atoms. The SMILES string of the molecule is N#C/C(=C/c1cn(Cc2ccccc2)c2ccccc12)c1ccc(Cl)cc1. The van der Waals surface area contributed by atoms with Crippen LogP contribution >= 0.6 is 11.6 Å². The van der Waals surface area contributed by atoms with Gasteiger partial charge in [-0.3, -0.25) is 0 Å². The van der Waals surface area contributed by atoms with Crippen LogP contribution in [0.15, 0.2) is 85.1 Å². The van der Waals surface area contributed by atoms with E-state index in [9.17, 15) is 5.26 Å². The van der Waals surface area contributed by atoms with Crippen molar-refractivity contribution in [3.8, 4) is 6.07 Å². The summed E-state index contributed by atoms with van der Waals surface area (Å²) >= 11 is 5.97. The molecule has 4 rings (SSSR count). The maximum atomic E-state index is 9.67. The summed E-state index contributed by atoms with van der Waals surface area (Å²) in [5, 5.41) is 11.5. The molecule has 1 aromatic heterocycles. The van der Waals surface area contributed by atoms with Gasteiger partial charge in [-0.25, -0.2) is 0 Å². The number of nitrogens with zero attached hydrogens (tertiary/aromatic N) is 2. The lowest BCUT2D eigenvalue weighted by molar-refractivity contribution is 0.836. The molecule has 0 saturated carbocycles. The van der Waals surface area contributed by atoms with Crippen molar-refractivity contribution >= 4 is 34.2 Å². The third-order valence-corrected chi connectivity index (χ3v) is 4.84. The Labute approximate surface area is 163 Å². The van der Waals surface area contributed by atoms with Crippen molar-refractivity contribution in [3.05, 3.63) is 107 Å². The first kappa shape index (κ1) is 17.1. The molecule has 0 radical (unpaired) electrons. The van der Waals surface area contributed by atoms with Gasteiger partial charge >= 0.3 is 0 Å². The van der Waals surface area contributed by atoms with Crippen LogP contribution in [0, 0.1) is 11.3 Å². The Morgan fingerprint density at radius 1 is 0.926 bits per heavy atom. The van der Waals surface area contributed by atoms with Crippen molar-refractivity contribution in [1.29, 1.82) is 5.26 Å². The van der Waals surface area contributed by atoms with Crippen LogP contribution in [0.2, 0.25) is 5.02 Å². The van der Waals surface area contributed by atoms with Crippen LogP contribution in [-0.4, -0.2) is 4.57 Å². The number of nitriles is 1. The molecule has 1 heterocycles. The number of fused-ring (bicyclic) bond motifs is 1. The first-order chi connectivity index (χ1) is 13.2. The number of benzene rings is 3. The highest BCUT2D eigenvalue weighted by Gasteiger charge is 2.09. The van der Waals surface area contributed by atoms with Gasteiger partial charge in [-0.05, 0) is 35.4 Å². The minimum atomic E-state index is 0.620. The first-order valence-electron chi connectivity index (χ1n) is 8.74. The topological polar surface area (TPSA) is 28.7 Å². The fraction of sp³-hybridized carbons (Fsp3) is 0.0417. The molecule has 0 amide bonds. The van der Waals surface area contributed by atoms with E-state index in [-0.39, 0.29) is 0 Å². The highest BCUT2D eigenvalue weighted by atomic mass is 35.5. The number of hydrogen-bond acceptors (Lipinski definition) is 1. The second kappa shape index (κ2) is 7.53. The van der Waals surface area contributed by atoms with Crippen molar-refractivity contribution in [3.63, 3.8) is 0 Å². The van der Waals surface area contributed by atoms with Gasteiger partial charge in [0.1, 0.15) is 0 Å². The Morgan fingerprint density at radius 3 is 2.37 bits per heavy atom. The molecular weight excluding hydrogens is 352 g/mol. The van der Waals surface area contributed by atoms with Gasteiger partial charge in [0.05, 0.1) is 11.6 Å². The van der Waals surface area contributed by atoms with Gasteiger partial charge in [-0.15, -0.1) is 0 Å². The fourth-order valence-corrected chi connectivity index (χ4v) is 3.39. The standard InChI is InChI=1S/C24H17ClN2/c25-22-12-10-19(11-13-22)20(15-26)14-21-17-27(16-18-6-2-1-3-7-18)24-9-5-4-8-23(21)24/h1-14,17H,16H2/b20-14-. The van der Waals surface area contributed by atoms with Gasteiger partial charge in [0.15, 0.2) is 0 Å². The Kier molecular flexibility index (Phi) is 4.78. The third kappa shape index (κ3) is 3.65. The van der Waals surface area contributed by atoms with E-state index < -0.39 is 0 Å². The zero-order valence-corrected chi connectivity index (χ0v) is 15.4. The maximum absolute atomic E-state index is 9.67. The lowest BCUT2D eigenvalue weighted by Gasteiger charge is -2.05. The fourth-order valence-electron chi connectivity index (χ4n) is 3.27. The molecular formula is C24H17ClN2. The normalized spacial score (nSPS) is 11.5. The molecule has 0 atom stereocenters. The van der Waals surface area contributed by atoms with E-state index in [1.165, 1.54) is 5.56 Å². The average Bonchev–Trinajstić information content (AvgIpc) is 3.05. The van der Waals surface area contributed by atoms with Gasteiger partial charge < -0.3 is 4.57 Å². The van der Waals surface area contributed by atoms with Gasteiger partial charge in [0.2, 0.25) is 0 Å². The van der Waals surface area contributed by atoms with E-state index in [0.717, 1.165) is 28.6 Å². The molecule has 0 aliphatic carbocycles. The monoisotopic (exact) mass is 368 g/mol. The minimum Gasteiger partial charge on any atom is -0.342 e. The zero-order valence-electron chi connectivity index (χ0n) is 14.6. The van der Waals surface area contributed by atoms with Crippen molar-refractivity contribution in [1.82, 2.24) is 4.57 Å². The molecule has 0 N–H and O–H groups in total. The molecule has 2 nitrogen and oxygen atoms in total. The predicted molar refractivity (Wildman–Crippen MR) is 112 cm³/mol. The van der Waals surface area contributed by atoms with Crippen LogP contribution in [-0.2, 0) is 6.54 Å². The van der Waals surface area contributed by atoms with Crippen LogP contribution < -0.4 is 0 Å². The lowest BCUT2D eigenvalue weighted by atomic mass is 10.0. The predicted octanol–water partition coefficient (Wildman–Crippen LogP) is 6.41. The molecule has 0 saturated heterocycles. The Bertz CT molecular complexity index is 1150. The van der Waals surface area contributed by atoms with Crippen molar-refractivity contribution in [2.24, 2.45) is 0 Å². The molecule has 0 spiro atoms. The van der Waals surface area contributed by atoms with Gasteiger partial charge in [0.25, 0.3) is 0 Å². The molecule has 0 aliphatic heterocycles. The molecule has 0 unspecified atom stereocenters. The molecule has 0 fully saturated rings. The number of rotatable bonds is 4. The summed E-state index contributed by atoms with van der Waals surface area (Å²) in [5.41, 5.74) is 4.91. The van der Waals surface area contributed by atoms with E-state index in [4.69, 9.17) is 11.6 Å². The Morgan fingerprint density at radius 2 is 1.63 bits per heavy atom. The van der Waals surface area contributed by atoms with Crippen LogP contribution in [0.25, 0.3) is 22.6 Å². The largest absolute Gasteiger partial charge is 0.342 e. The Hall–Kier alpha value is -3.28. The highest BCUT2D eigenvalue weighted by molar-refractivity contribution is 6.30. The van der Waals surface area contributed by atoms with E-state index in [1.807, 2.05) is 36.4 Å². The summed E-state index contributed by atoms with van der Waals surface area (Å²) in [6.45, 7) is 0.790. The van der Waals surface area contributed by atoms with Crippen LogP contribution in [0.4, 0.5) is 0 Å².